The quantitative estimate of drug-likeness (QED) is 0.710. The lowest BCUT2D eigenvalue weighted by atomic mass is 10.1. The maximum atomic E-state index is 14.0. The van der Waals surface area contributed by atoms with Crippen LogP contribution in [-0.4, -0.2) is 46.4 Å². The van der Waals surface area contributed by atoms with Crippen LogP contribution in [0, 0.1) is 12.7 Å². The molecule has 1 unspecified atom stereocenters. The number of amides is 1. The van der Waals surface area contributed by atoms with Crippen LogP contribution >= 0.6 is 0 Å². The summed E-state index contributed by atoms with van der Waals surface area (Å²) in [5, 5.41) is 14.7. The molecule has 146 valence electrons. The zero-order chi connectivity index (χ0) is 20.3. The molecule has 1 amide bonds. The second-order valence-electron chi connectivity index (χ2n) is 6.51. The molecule has 1 atom stereocenters. The highest BCUT2D eigenvalue weighted by Gasteiger charge is 2.21. The van der Waals surface area contributed by atoms with E-state index < -0.39 is 11.9 Å². The molecule has 0 saturated heterocycles. The molecule has 1 heterocycles. The molecule has 0 aliphatic rings. The smallest absolute Gasteiger partial charge is 0.274 e. The number of aryl methyl sites for hydroxylation is 1. The largest absolute Gasteiger partial charge is 0.497 e. The van der Waals surface area contributed by atoms with Gasteiger partial charge in [0.2, 0.25) is 0 Å². The van der Waals surface area contributed by atoms with Crippen molar-refractivity contribution < 1.29 is 19.0 Å². The van der Waals surface area contributed by atoms with Crippen molar-refractivity contribution >= 4 is 5.91 Å². The van der Waals surface area contributed by atoms with E-state index >= 15 is 0 Å². The van der Waals surface area contributed by atoms with E-state index in [1.807, 2.05) is 0 Å². The van der Waals surface area contributed by atoms with Crippen molar-refractivity contribution in [2.75, 3.05) is 20.7 Å². The van der Waals surface area contributed by atoms with Crippen LogP contribution in [0.15, 0.2) is 54.6 Å². The van der Waals surface area contributed by atoms with Crippen molar-refractivity contribution in [1.29, 1.82) is 0 Å². The molecule has 0 radical (unpaired) electrons. The number of aliphatic hydroxyl groups excluding tert-OH is 1. The first-order chi connectivity index (χ1) is 13.4. The van der Waals surface area contributed by atoms with E-state index in [0.29, 0.717) is 17.0 Å². The first kappa shape index (κ1) is 19.6. The number of ether oxygens (including phenoxy) is 1. The van der Waals surface area contributed by atoms with Gasteiger partial charge in [0.05, 0.1) is 19.8 Å². The zero-order valence-corrected chi connectivity index (χ0v) is 16.0. The number of halogens is 1. The maximum absolute atomic E-state index is 14.0. The summed E-state index contributed by atoms with van der Waals surface area (Å²) in [6.45, 7) is 1.85. The van der Waals surface area contributed by atoms with Gasteiger partial charge in [-0.15, -0.1) is 0 Å². The van der Waals surface area contributed by atoms with Crippen LogP contribution in [-0.2, 0) is 0 Å². The zero-order valence-electron chi connectivity index (χ0n) is 16.0. The molecule has 0 fully saturated rings. The van der Waals surface area contributed by atoms with Crippen LogP contribution in [0.4, 0.5) is 4.39 Å². The second kappa shape index (κ2) is 8.22. The molecule has 0 saturated carbocycles. The summed E-state index contributed by atoms with van der Waals surface area (Å²) < 4.78 is 20.5. The molecule has 28 heavy (non-hydrogen) atoms. The van der Waals surface area contributed by atoms with E-state index in [9.17, 15) is 14.3 Å². The van der Waals surface area contributed by atoms with Gasteiger partial charge in [0.25, 0.3) is 5.91 Å². The molecule has 3 rings (SSSR count). The number of likely N-dealkylation sites (N-methyl/N-ethyl adjacent to an activating group) is 1. The molecule has 0 bridgehead atoms. The van der Waals surface area contributed by atoms with Crippen LogP contribution in [0.2, 0.25) is 0 Å². The number of methoxy groups -OCH3 is 1. The minimum Gasteiger partial charge on any atom is -0.497 e. The van der Waals surface area contributed by atoms with Gasteiger partial charge in [0.1, 0.15) is 17.3 Å². The standard InChI is InChI=1S/C21H22FN3O3/c1-14-12-18(23-25(14)19-7-5-4-6-17(19)22)21(27)24(2)13-20(26)15-8-10-16(28-3)11-9-15/h4-12,20,26H,13H2,1-3H3. The summed E-state index contributed by atoms with van der Waals surface area (Å²) in [5.41, 5.74) is 1.77. The van der Waals surface area contributed by atoms with E-state index in [-0.39, 0.29) is 23.8 Å². The van der Waals surface area contributed by atoms with E-state index in [2.05, 4.69) is 5.10 Å². The average molecular weight is 383 g/mol. The van der Waals surface area contributed by atoms with Crippen molar-refractivity contribution in [1.82, 2.24) is 14.7 Å². The molecule has 3 aromatic rings. The van der Waals surface area contributed by atoms with Gasteiger partial charge in [0.15, 0.2) is 5.69 Å². The summed E-state index contributed by atoms with van der Waals surface area (Å²) in [6.07, 6.45) is -0.852. The summed E-state index contributed by atoms with van der Waals surface area (Å²) in [6, 6.07) is 14.8. The topological polar surface area (TPSA) is 67.6 Å². The number of aromatic nitrogens is 2. The Morgan fingerprint density at radius 1 is 1.25 bits per heavy atom. The van der Waals surface area contributed by atoms with Gasteiger partial charge in [0, 0.05) is 12.7 Å². The Kier molecular flexibility index (Phi) is 5.75. The Morgan fingerprint density at radius 3 is 2.57 bits per heavy atom. The van der Waals surface area contributed by atoms with Crippen molar-refractivity contribution in [3.8, 4) is 11.4 Å². The maximum Gasteiger partial charge on any atom is 0.274 e. The van der Waals surface area contributed by atoms with Crippen LogP contribution in [0.5, 0.6) is 5.75 Å². The molecule has 0 spiro atoms. The van der Waals surface area contributed by atoms with Gasteiger partial charge in [-0.05, 0) is 42.8 Å². The van der Waals surface area contributed by atoms with Gasteiger partial charge >= 0.3 is 0 Å². The molecule has 7 heteroatoms. The molecule has 0 aliphatic heterocycles. The third-order valence-electron chi connectivity index (χ3n) is 4.48. The Bertz CT molecular complexity index is 969. The van der Waals surface area contributed by atoms with Crippen LogP contribution in [0.25, 0.3) is 5.69 Å². The van der Waals surface area contributed by atoms with Gasteiger partial charge < -0.3 is 14.7 Å². The number of hydrogen-bond donors (Lipinski definition) is 1. The molecule has 6 nitrogen and oxygen atoms in total. The highest BCUT2D eigenvalue weighted by Crippen LogP contribution is 2.20. The van der Waals surface area contributed by atoms with E-state index in [4.69, 9.17) is 4.74 Å². The number of carbonyl (C=O) groups is 1. The Hall–Kier alpha value is -3.19. The highest BCUT2D eigenvalue weighted by molar-refractivity contribution is 5.92. The van der Waals surface area contributed by atoms with Crippen molar-refractivity contribution in [3.63, 3.8) is 0 Å². The fourth-order valence-corrected chi connectivity index (χ4v) is 2.92. The predicted octanol–water partition coefficient (Wildman–Crippen LogP) is 3.13. The molecule has 1 N–H and O–H groups in total. The number of para-hydroxylation sites is 1. The van der Waals surface area contributed by atoms with Crippen LogP contribution < -0.4 is 4.74 Å². The molecular formula is C21H22FN3O3. The summed E-state index contributed by atoms with van der Waals surface area (Å²) >= 11 is 0. The number of nitrogens with zero attached hydrogens (tertiary/aromatic N) is 3. The summed E-state index contributed by atoms with van der Waals surface area (Å²) in [7, 11) is 3.16. The minimum atomic E-state index is -0.852. The fraction of sp³-hybridized carbons (Fsp3) is 0.238. The van der Waals surface area contributed by atoms with E-state index in [0.717, 1.165) is 0 Å². The summed E-state index contributed by atoms with van der Waals surface area (Å²) in [5.74, 6) is -0.0868. The lowest BCUT2D eigenvalue weighted by Crippen LogP contribution is -2.31. The predicted molar refractivity (Wildman–Crippen MR) is 103 cm³/mol. The third kappa shape index (κ3) is 4.04. The average Bonchev–Trinajstić information content (AvgIpc) is 3.09. The van der Waals surface area contributed by atoms with Gasteiger partial charge in [-0.3, -0.25) is 4.79 Å². The molecule has 1 aromatic heterocycles. The van der Waals surface area contributed by atoms with Crippen molar-refractivity contribution in [2.24, 2.45) is 0 Å². The van der Waals surface area contributed by atoms with Gasteiger partial charge in [-0.25, -0.2) is 9.07 Å². The molecular weight excluding hydrogens is 361 g/mol. The lowest BCUT2D eigenvalue weighted by Gasteiger charge is -2.20. The van der Waals surface area contributed by atoms with Gasteiger partial charge in [-0.1, -0.05) is 24.3 Å². The van der Waals surface area contributed by atoms with Crippen LogP contribution in [0.1, 0.15) is 27.8 Å². The minimum absolute atomic E-state index is 0.0940. The Morgan fingerprint density at radius 2 is 1.93 bits per heavy atom. The molecule has 2 aromatic carbocycles. The number of rotatable bonds is 6. The first-order valence-corrected chi connectivity index (χ1v) is 8.79. The van der Waals surface area contributed by atoms with E-state index in [1.54, 1.807) is 69.6 Å². The van der Waals surface area contributed by atoms with Gasteiger partial charge in [-0.2, -0.15) is 5.10 Å². The molecule has 0 aliphatic carbocycles. The first-order valence-electron chi connectivity index (χ1n) is 8.79. The normalized spacial score (nSPS) is 11.9. The Balaban J connectivity index is 1.74. The number of hydrogen-bond acceptors (Lipinski definition) is 4. The SMILES string of the molecule is COc1ccc(C(O)CN(C)C(=O)c2cc(C)n(-c3ccccc3F)n2)cc1. The fourth-order valence-electron chi connectivity index (χ4n) is 2.92. The number of carbonyl (C=O) groups excluding carboxylic acids is 1. The van der Waals surface area contributed by atoms with Crippen molar-refractivity contribution in [3.05, 3.63) is 77.4 Å². The third-order valence-corrected chi connectivity index (χ3v) is 4.48. The highest BCUT2D eigenvalue weighted by atomic mass is 19.1. The summed E-state index contributed by atoms with van der Waals surface area (Å²) in [4.78, 5) is 14.1. The van der Waals surface area contributed by atoms with Crippen molar-refractivity contribution in [2.45, 2.75) is 13.0 Å². The Labute approximate surface area is 162 Å². The monoisotopic (exact) mass is 383 g/mol. The number of benzene rings is 2. The van der Waals surface area contributed by atoms with Crippen LogP contribution in [0.3, 0.4) is 0 Å². The second-order valence-corrected chi connectivity index (χ2v) is 6.51. The lowest BCUT2D eigenvalue weighted by molar-refractivity contribution is 0.0675. The van der Waals surface area contributed by atoms with E-state index in [1.165, 1.54) is 15.6 Å². The number of aliphatic hydroxyl groups is 1.